The van der Waals surface area contributed by atoms with Crippen LogP contribution in [0.2, 0.25) is 0 Å². The molecule has 2 bridgehead atoms. The number of piperidine rings is 1. The number of hydrogen-bond donors (Lipinski definition) is 3. The molecule has 12 nitrogen and oxygen atoms in total. The van der Waals surface area contributed by atoms with Crippen LogP contribution in [0.1, 0.15) is 12.8 Å². The van der Waals surface area contributed by atoms with Crippen LogP contribution in [0.3, 0.4) is 0 Å². The van der Waals surface area contributed by atoms with Crippen LogP contribution >= 0.6 is 0 Å². The molecule has 3 amide bonds. The molecular formula is C12H18N4O8S. The Morgan fingerprint density at radius 1 is 1.44 bits per heavy atom. The summed E-state index contributed by atoms with van der Waals surface area (Å²) in [6.45, 7) is 0.587. The van der Waals surface area contributed by atoms with Gasteiger partial charge >= 0.3 is 16.4 Å². The number of nitrogens with zero attached hydrogens (tertiary/aromatic N) is 2. The number of carbonyl (C=O) groups is 2. The van der Waals surface area contributed by atoms with Gasteiger partial charge in [-0.3, -0.25) is 14.2 Å². The predicted molar refractivity (Wildman–Crippen MR) is 77.6 cm³/mol. The molecule has 4 N–H and O–H groups in total. The molecule has 3 heterocycles. The summed E-state index contributed by atoms with van der Waals surface area (Å²) in [6.07, 6.45) is 0.666. The zero-order valence-corrected chi connectivity index (χ0v) is 13.8. The molecule has 4 aliphatic rings. The Kier molecular flexibility index (Phi) is 3.72. The number of hydrogen-bond acceptors (Lipinski definition) is 8. The summed E-state index contributed by atoms with van der Waals surface area (Å²) >= 11 is 0. The maximum absolute atomic E-state index is 12.5. The van der Waals surface area contributed by atoms with Crippen LogP contribution in [0.5, 0.6) is 0 Å². The van der Waals surface area contributed by atoms with E-state index in [1.54, 1.807) is 0 Å². The van der Waals surface area contributed by atoms with Crippen LogP contribution in [0, 0.1) is 5.41 Å². The molecule has 0 aromatic carbocycles. The van der Waals surface area contributed by atoms with Gasteiger partial charge in [-0.1, -0.05) is 0 Å². The smallest absolute Gasteiger partial charge is 0.380 e. The van der Waals surface area contributed by atoms with Crippen molar-refractivity contribution in [3.05, 3.63) is 0 Å². The first-order valence-corrected chi connectivity index (χ1v) is 9.12. The minimum Gasteiger partial charge on any atom is -0.380 e. The first-order valence-electron chi connectivity index (χ1n) is 7.76. The molecular weight excluding hydrogens is 360 g/mol. The zero-order chi connectivity index (χ0) is 18.0. The number of rotatable bonds is 5. The lowest BCUT2D eigenvalue weighted by atomic mass is 9.71. The number of urea groups is 1. The van der Waals surface area contributed by atoms with E-state index in [0.717, 1.165) is 0 Å². The van der Waals surface area contributed by atoms with Crippen molar-refractivity contribution in [1.29, 1.82) is 0 Å². The predicted octanol–water partition coefficient (Wildman–Crippen LogP) is -2.24. The van der Waals surface area contributed by atoms with E-state index in [2.05, 4.69) is 9.76 Å². The third-order valence-electron chi connectivity index (χ3n) is 5.12. The Morgan fingerprint density at radius 2 is 2.12 bits per heavy atom. The van der Waals surface area contributed by atoms with Gasteiger partial charge in [0.05, 0.1) is 19.3 Å². The van der Waals surface area contributed by atoms with E-state index < -0.39 is 39.8 Å². The number of ether oxygens (including phenoxy) is 1. The lowest BCUT2D eigenvalue weighted by Gasteiger charge is -2.50. The van der Waals surface area contributed by atoms with Crippen LogP contribution < -0.4 is 11.2 Å². The van der Waals surface area contributed by atoms with Gasteiger partial charge in [0, 0.05) is 18.0 Å². The van der Waals surface area contributed by atoms with Gasteiger partial charge in [-0.05, 0) is 12.8 Å². The molecule has 13 heteroatoms. The average molecular weight is 378 g/mol. The number of hydroxylamine groups is 3. The summed E-state index contributed by atoms with van der Waals surface area (Å²) in [5, 5.41) is 0.614. The zero-order valence-electron chi connectivity index (χ0n) is 13.0. The van der Waals surface area contributed by atoms with Crippen molar-refractivity contribution in [2.45, 2.75) is 37.1 Å². The average Bonchev–Trinajstić information content (AvgIpc) is 3.15. The molecule has 4 atom stereocenters. The molecule has 1 aliphatic carbocycles. The van der Waals surface area contributed by atoms with Gasteiger partial charge in [-0.25, -0.2) is 10.3 Å². The van der Waals surface area contributed by atoms with Crippen LogP contribution in [-0.2, 0) is 29.1 Å². The first-order chi connectivity index (χ1) is 11.7. The summed E-state index contributed by atoms with van der Waals surface area (Å²) in [5.74, 6) is -0.522. The van der Waals surface area contributed by atoms with Gasteiger partial charge < -0.3 is 15.4 Å². The van der Waals surface area contributed by atoms with Crippen molar-refractivity contribution in [2.75, 3.05) is 19.8 Å². The summed E-state index contributed by atoms with van der Waals surface area (Å²) in [7, 11) is -4.87. The minimum atomic E-state index is -4.87. The van der Waals surface area contributed by atoms with Gasteiger partial charge in [0.2, 0.25) is 0 Å². The van der Waals surface area contributed by atoms with E-state index in [1.807, 2.05) is 0 Å². The van der Waals surface area contributed by atoms with Gasteiger partial charge in [0.25, 0.3) is 5.91 Å². The second kappa shape index (κ2) is 5.49. The fourth-order valence-corrected chi connectivity index (χ4v) is 3.92. The Bertz CT molecular complexity index is 710. The van der Waals surface area contributed by atoms with Gasteiger partial charge in [-0.15, -0.1) is 4.28 Å². The Hall–Kier alpha value is -1.51. The summed E-state index contributed by atoms with van der Waals surface area (Å²) in [5.41, 5.74) is 7.30. The molecule has 25 heavy (non-hydrogen) atoms. The summed E-state index contributed by atoms with van der Waals surface area (Å²) in [6, 6.07) is -2.43. The van der Waals surface area contributed by atoms with Crippen LogP contribution in [0.25, 0.3) is 0 Å². The molecule has 0 aromatic heterocycles. The Morgan fingerprint density at radius 3 is 2.64 bits per heavy atom. The van der Waals surface area contributed by atoms with Crippen molar-refractivity contribution in [3.8, 4) is 0 Å². The van der Waals surface area contributed by atoms with Crippen molar-refractivity contribution in [3.63, 3.8) is 0 Å². The van der Waals surface area contributed by atoms with E-state index in [9.17, 15) is 18.0 Å². The third-order valence-corrected chi connectivity index (χ3v) is 5.46. The molecule has 3 saturated heterocycles. The van der Waals surface area contributed by atoms with E-state index in [1.165, 1.54) is 4.90 Å². The maximum atomic E-state index is 12.5. The second-order valence-corrected chi connectivity index (χ2v) is 7.88. The largest absolute Gasteiger partial charge is 0.418 e. The fourth-order valence-electron chi connectivity index (χ4n) is 3.55. The molecule has 0 radical (unpaired) electrons. The van der Waals surface area contributed by atoms with E-state index >= 15 is 0 Å². The molecule has 1 spiro atoms. The molecule has 4 unspecified atom stereocenters. The highest BCUT2D eigenvalue weighted by molar-refractivity contribution is 7.80. The molecule has 4 fully saturated rings. The third kappa shape index (κ3) is 2.86. The van der Waals surface area contributed by atoms with Crippen molar-refractivity contribution in [2.24, 2.45) is 11.1 Å². The summed E-state index contributed by atoms with van der Waals surface area (Å²) < 4.78 is 40.7. The molecule has 0 aromatic rings. The molecule has 3 aliphatic heterocycles. The van der Waals surface area contributed by atoms with Crippen molar-refractivity contribution in [1.82, 2.24) is 15.4 Å². The summed E-state index contributed by atoms with van der Waals surface area (Å²) in [4.78, 5) is 31.3. The highest BCUT2D eigenvalue weighted by Crippen LogP contribution is 2.47. The monoisotopic (exact) mass is 378 g/mol. The van der Waals surface area contributed by atoms with Gasteiger partial charge in [0.1, 0.15) is 12.1 Å². The number of nitrogens with two attached hydrogens (primary N) is 1. The maximum Gasteiger partial charge on any atom is 0.418 e. The number of amides is 3. The molecule has 4 rings (SSSR count). The van der Waals surface area contributed by atoms with Crippen LogP contribution in [-0.4, -0.2) is 78.9 Å². The Balaban J connectivity index is 1.53. The number of carbonyl (C=O) groups excluding carboxylic acids is 2. The van der Waals surface area contributed by atoms with Crippen molar-refractivity contribution < 1.29 is 36.4 Å². The lowest BCUT2D eigenvalue weighted by molar-refractivity contribution is -0.194. The molecule has 140 valence electrons. The quantitative estimate of drug-likeness (QED) is 0.355. The normalized spacial score (nSPS) is 35.7. The first kappa shape index (κ1) is 16.9. The van der Waals surface area contributed by atoms with Gasteiger partial charge in [0.15, 0.2) is 0 Å². The van der Waals surface area contributed by atoms with E-state index in [0.29, 0.717) is 11.5 Å². The fraction of sp³-hybridized carbons (Fsp3) is 0.833. The topological polar surface area (TPSA) is 161 Å². The number of fused-ring (bicyclic) bond motifs is 3. The van der Waals surface area contributed by atoms with Crippen molar-refractivity contribution >= 4 is 22.3 Å². The van der Waals surface area contributed by atoms with Crippen LogP contribution in [0.15, 0.2) is 0 Å². The second-order valence-electron chi connectivity index (χ2n) is 6.88. The highest BCUT2D eigenvalue weighted by atomic mass is 32.3. The van der Waals surface area contributed by atoms with Crippen LogP contribution in [0.4, 0.5) is 4.79 Å². The highest BCUT2D eigenvalue weighted by Gasteiger charge is 2.63. The minimum absolute atomic E-state index is 0.0821. The Labute approximate surface area is 143 Å². The van der Waals surface area contributed by atoms with E-state index in [4.69, 9.17) is 19.9 Å². The SMILES string of the molecule is NC1CC1ONC(=O)C1CC2(COC2)C2CN1C(=O)N2OS(=O)(=O)O. The standard InChI is InChI=1S/C12H18N4O8S/c13-6-1-8(6)23-14-10(17)7-2-12(4-22-5-12)9-3-15(7)11(18)16(9)24-25(19,20)21/h6-9H,1-5,13H2,(H,14,17)(H,19,20,21). The molecule has 1 saturated carbocycles. The van der Waals surface area contributed by atoms with E-state index in [-0.39, 0.29) is 38.3 Å². The lowest BCUT2D eigenvalue weighted by Crippen LogP contribution is -2.63. The van der Waals surface area contributed by atoms with Gasteiger partial charge in [-0.2, -0.15) is 13.5 Å². The number of nitrogens with one attached hydrogen (secondary N) is 1.